The van der Waals surface area contributed by atoms with Crippen LogP contribution in [-0.4, -0.2) is 58.6 Å². The molecule has 6 heterocycles. The Hall–Kier alpha value is -7.21. The van der Waals surface area contributed by atoms with E-state index in [1.54, 1.807) is 25.3 Å². The third kappa shape index (κ3) is 5.02. The highest BCUT2D eigenvalue weighted by Crippen LogP contribution is 2.48. The van der Waals surface area contributed by atoms with Gasteiger partial charge in [-0.3, -0.25) is 9.13 Å². The normalized spacial score (nSPS) is 16.1. The maximum absolute atomic E-state index is 5.12. The van der Waals surface area contributed by atoms with Crippen LogP contribution in [0.5, 0.6) is 0 Å². The molecule has 10 aromatic rings. The highest BCUT2D eigenvalue weighted by molar-refractivity contribution is 6.24. The summed E-state index contributed by atoms with van der Waals surface area (Å²) in [7, 11) is 0. The lowest BCUT2D eigenvalue weighted by Gasteiger charge is -2.30. The fourth-order valence-corrected chi connectivity index (χ4v) is 8.56. The summed E-state index contributed by atoms with van der Waals surface area (Å²) in [4.78, 5) is 42.2. The summed E-state index contributed by atoms with van der Waals surface area (Å²) in [6.07, 6.45) is 9.93. The van der Waals surface area contributed by atoms with E-state index in [0.29, 0.717) is 23.5 Å². The van der Waals surface area contributed by atoms with Crippen molar-refractivity contribution in [3.8, 4) is 34.7 Å². The van der Waals surface area contributed by atoms with Crippen molar-refractivity contribution in [1.29, 1.82) is 0 Å². The van der Waals surface area contributed by atoms with Gasteiger partial charge >= 0.3 is 0 Å². The van der Waals surface area contributed by atoms with E-state index in [2.05, 4.69) is 116 Å². The second-order valence-corrected chi connectivity index (χ2v) is 13.9. The number of hydrogen-bond donors (Lipinski definition) is 0. The van der Waals surface area contributed by atoms with Crippen LogP contribution in [0.25, 0.3) is 78.5 Å². The topological polar surface area (TPSA) is 131 Å². The summed E-state index contributed by atoms with van der Waals surface area (Å²) >= 11 is 0. The van der Waals surface area contributed by atoms with E-state index >= 15 is 0 Å². The van der Waals surface area contributed by atoms with Gasteiger partial charge in [0.1, 0.15) is 31.1 Å². The van der Waals surface area contributed by atoms with E-state index in [9.17, 15) is 0 Å². The lowest BCUT2D eigenvalue weighted by atomic mass is 9.85. The molecule has 6 aromatic heterocycles. The largest absolute Gasteiger partial charge is 0.334 e. The average Bonchev–Trinajstić information content (AvgIpc) is 3.90. The van der Waals surface area contributed by atoms with Crippen molar-refractivity contribution in [2.24, 2.45) is 0 Å². The van der Waals surface area contributed by atoms with Crippen molar-refractivity contribution in [3.05, 3.63) is 140 Å². The van der Waals surface area contributed by atoms with Gasteiger partial charge in [0.2, 0.25) is 11.9 Å². The first kappa shape index (κ1) is 31.3. The van der Waals surface area contributed by atoms with E-state index in [1.165, 1.54) is 0 Å². The summed E-state index contributed by atoms with van der Waals surface area (Å²) < 4.78 is 6.90. The van der Waals surface area contributed by atoms with Gasteiger partial charge in [0.05, 0.1) is 33.1 Å². The zero-order valence-corrected chi connectivity index (χ0v) is 29.6. The number of para-hydroxylation sites is 2. The molecule has 0 amide bonds. The molecule has 0 saturated heterocycles. The number of hydrogen-bond acceptors (Lipinski definition) is 9. The molecule has 0 spiro atoms. The molecule has 1 saturated carbocycles. The van der Waals surface area contributed by atoms with Crippen LogP contribution in [0.15, 0.2) is 135 Å². The Morgan fingerprint density at radius 3 is 1.35 bits per heavy atom. The summed E-state index contributed by atoms with van der Waals surface area (Å²) in [6.45, 7) is 0. The van der Waals surface area contributed by atoms with E-state index in [1.807, 2.05) is 36.4 Å². The molecule has 12 heteroatoms. The van der Waals surface area contributed by atoms with Crippen LogP contribution in [0.2, 0.25) is 0 Å². The van der Waals surface area contributed by atoms with Crippen molar-refractivity contribution < 1.29 is 0 Å². The Labute approximate surface area is 314 Å². The molecular weight excluding hydrogens is 685 g/mol. The Balaban J connectivity index is 1.10. The van der Waals surface area contributed by atoms with Gasteiger partial charge in [-0.2, -0.15) is 0 Å². The number of fused-ring (bicyclic) bond motifs is 7. The maximum atomic E-state index is 5.12. The standard InChI is InChI=1S/C43H32N12/c1-3-11-27(12-4-1)39-50-40(28-13-5-2-6-14-28)52-41(51-39)29-19-21-30(22-20-29)53-35-31-15-7-9-17-33(31)54(42-46-23-44-24-47-42)37(35)38-36(53)32-16-8-10-18-34(32)55(38)43-48-25-45-26-49-43/h1-18,23-26,29-30H,19-22H2. The van der Waals surface area contributed by atoms with Crippen LogP contribution in [0.4, 0.5) is 0 Å². The van der Waals surface area contributed by atoms with E-state index in [0.717, 1.165) is 86.5 Å². The fraction of sp³-hybridized carbons (Fsp3) is 0.140. The lowest BCUT2D eigenvalue weighted by Crippen LogP contribution is -2.19. The van der Waals surface area contributed by atoms with E-state index in [4.69, 9.17) is 15.0 Å². The second-order valence-electron chi connectivity index (χ2n) is 13.9. The van der Waals surface area contributed by atoms with Gasteiger partial charge in [-0.1, -0.05) is 97.1 Å². The zero-order valence-electron chi connectivity index (χ0n) is 29.6. The summed E-state index contributed by atoms with van der Waals surface area (Å²) in [5.74, 6) is 3.55. The molecule has 0 aliphatic heterocycles. The number of nitrogens with zero attached hydrogens (tertiary/aromatic N) is 12. The molecule has 0 atom stereocenters. The maximum Gasteiger partial charge on any atom is 0.237 e. The van der Waals surface area contributed by atoms with Gasteiger partial charge in [-0.15, -0.1) is 0 Å². The zero-order chi connectivity index (χ0) is 36.3. The molecule has 1 fully saturated rings. The SMILES string of the molecule is c1ccc(-c2nc(-c3ccccc3)nc(C3CCC(n4c5c6ccccc6n(-c6ncncn6)c5c5c4c4ccccc4n5-c4ncncn4)CC3)n2)cc1. The summed E-state index contributed by atoms with van der Waals surface area (Å²) in [5, 5.41) is 2.25. The third-order valence-electron chi connectivity index (χ3n) is 10.9. The molecule has 4 aromatic carbocycles. The van der Waals surface area contributed by atoms with Gasteiger partial charge in [-0.05, 0) is 37.8 Å². The molecule has 0 N–H and O–H groups in total. The van der Waals surface area contributed by atoms with Crippen molar-refractivity contribution >= 4 is 43.9 Å². The summed E-state index contributed by atoms with van der Waals surface area (Å²) in [6, 6.07) is 37.6. The van der Waals surface area contributed by atoms with Crippen LogP contribution >= 0.6 is 0 Å². The van der Waals surface area contributed by atoms with Crippen molar-refractivity contribution in [3.63, 3.8) is 0 Å². The second kappa shape index (κ2) is 12.7. The number of benzene rings is 4. The Kier molecular flexibility index (Phi) is 7.25. The van der Waals surface area contributed by atoms with Crippen LogP contribution in [0.3, 0.4) is 0 Å². The molecule has 0 bridgehead atoms. The highest BCUT2D eigenvalue weighted by Gasteiger charge is 2.34. The molecule has 0 radical (unpaired) electrons. The minimum Gasteiger partial charge on any atom is -0.334 e. The van der Waals surface area contributed by atoms with E-state index in [-0.39, 0.29) is 12.0 Å². The average molecular weight is 717 g/mol. The summed E-state index contributed by atoms with van der Waals surface area (Å²) in [5.41, 5.74) is 8.27. The highest BCUT2D eigenvalue weighted by atomic mass is 15.2. The van der Waals surface area contributed by atoms with Gasteiger partial charge in [0.25, 0.3) is 0 Å². The Bertz CT molecular complexity index is 2800. The monoisotopic (exact) mass is 716 g/mol. The third-order valence-corrected chi connectivity index (χ3v) is 10.9. The van der Waals surface area contributed by atoms with Gasteiger partial charge in [0.15, 0.2) is 11.6 Å². The smallest absolute Gasteiger partial charge is 0.237 e. The van der Waals surface area contributed by atoms with Crippen LogP contribution in [0.1, 0.15) is 43.5 Å². The van der Waals surface area contributed by atoms with Gasteiger partial charge in [-0.25, -0.2) is 44.9 Å². The Morgan fingerprint density at radius 1 is 0.436 bits per heavy atom. The van der Waals surface area contributed by atoms with Gasteiger partial charge in [0, 0.05) is 33.9 Å². The van der Waals surface area contributed by atoms with Crippen molar-refractivity contribution in [1.82, 2.24) is 58.6 Å². The molecule has 55 heavy (non-hydrogen) atoms. The molecular formula is C43H32N12. The molecule has 11 rings (SSSR count). The van der Waals surface area contributed by atoms with Crippen LogP contribution in [0, 0.1) is 0 Å². The quantitative estimate of drug-likeness (QED) is 0.166. The van der Waals surface area contributed by atoms with Crippen LogP contribution in [-0.2, 0) is 0 Å². The number of aromatic nitrogens is 12. The molecule has 1 aliphatic carbocycles. The minimum atomic E-state index is 0.184. The van der Waals surface area contributed by atoms with Crippen LogP contribution < -0.4 is 0 Å². The van der Waals surface area contributed by atoms with E-state index < -0.39 is 0 Å². The predicted octanol–water partition coefficient (Wildman–Crippen LogP) is 8.47. The minimum absolute atomic E-state index is 0.184. The first-order chi connectivity index (χ1) is 27.3. The first-order valence-corrected chi connectivity index (χ1v) is 18.5. The predicted molar refractivity (Wildman–Crippen MR) is 211 cm³/mol. The Morgan fingerprint density at radius 2 is 0.873 bits per heavy atom. The fourth-order valence-electron chi connectivity index (χ4n) is 8.56. The number of rotatable bonds is 6. The molecule has 264 valence electrons. The molecule has 12 nitrogen and oxygen atoms in total. The van der Waals surface area contributed by atoms with Crippen molar-refractivity contribution in [2.45, 2.75) is 37.6 Å². The lowest BCUT2D eigenvalue weighted by molar-refractivity contribution is 0.328. The van der Waals surface area contributed by atoms with Gasteiger partial charge < -0.3 is 4.57 Å². The van der Waals surface area contributed by atoms with Crippen molar-refractivity contribution in [2.75, 3.05) is 0 Å². The first-order valence-electron chi connectivity index (χ1n) is 18.5. The molecule has 1 aliphatic rings. The molecule has 0 unspecified atom stereocenters.